The number of halogens is 4. The van der Waals surface area contributed by atoms with Crippen LogP contribution in [0.3, 0.4) is 0 Å². The van der Waals surface area contributed by atoms with E-state index in [1.54, 1.807) is 0 Å². The van der Waals surface area contributed by atoms with Crippen LogP contribution in [0.5, 0.6) is 0 Å². The van der Waals surface area contributed by atoms with E-state index in [0.29, 0.717) is 6.20 Å². The minimum absolute atomic E-state index is 0.493. The highest BCUT2D eigenvalue weighted by molar-refractivity contribution is 14.1. The summed E-state index contributed by atoms with van der Waals surface area (Å²) in [7, 11) is 0.711. The maximum atomic E-state index is 12.4. The van der Waals surface area contributed by atoms with E-state index < -0.39 is 40.2 Å². The largest absolute Gasteiger partial charge is 0.311 e. The Labute approximate surface area is 112 Å². The fourth-order valence-corrected chi connectivity index (χ4v) is 3.69. The van der Waals surface area contributed by atoms with Crippen LogP contribution in [0.2, 0.25) is 0 Å². The van der Waals surface area contributed by atoms with E-state index in [1.807, 2.05) is 0 Å². The van der Waals surface area contributed by atoms with Gasteiger partial charge in [0.25, 0.3) is 15.5 Å². The Hall–Kier alpha value is -0.620. The summed E-state index contributed by atoms with van der Waals surface area (Å²) in [6.07, 6.45) is -2.62. The third-order valence-corrected chi connectivity index (χ3v) is 4.43. The number of hydrogen-bond acceptors (Lipinski definition) is 5. The van der Waals surface area contributed by atoms with Gasteiger partial charge in [0.2, 0.25) is 0 Å². The predicted molar refractivity (Wildman–Crippen MR) is 61.6 cm³/mol. The molecule has 0 atom stereocenters. The van der Waals surface area contributed by atoms with Gasteiger partial charge in [-0.3, -0.25) is 10.1 Å². The van der Waals surface area contributed by atoms with E-state index in [-0.39, 0.29) is 0 Å². The molecule has 0 radical (unpaired) electrons. The lowest BCUT2D eigenvalue weighted by molar-refractivity contribution is -0.387. The molecule has 0 saturated carbocycles. The minimum atomic E-state index is -4.28. The van der Waals surface area contributed by atoms with Crippen molar-refractivity contribution < 1.29 is 22.1 Å². The van der Waals surface area contributed by atoms with Gasteiger partial charge in [0.05, 0.1) is 4.92 Å². The Balaban J connectivity index is 3.67. The molecular weight excluding hydrogens is 396 g/mol. The molecular formula is C6H2ClF2IN2O4S. The second kappa shape index (κ2) is 4.94. The predicted octanol–water partition coefficient (Wildman–Crippen LogP) is 2.46. The number of hydrogen-bond donors (Lipinski definition) is 0. The molecule has 0 N–H and O–H groups in total. The molecule has 0 saturated heterocycles. The SMILES string of the molecule is O=[N+]([O-])c1c(C(F)F)ncc(S(=O)(=O)Cl)c1I. The van der Waals surface area contributed by atoms with Crippen molar-refractivity contribution in [3.63, 3.8) is 0 Å². The van der Waals surface area contributed by atoms with Crippen molar-refractivity contribution in [3.05, 3.63) is 25.6 Å². The maximum Gasteiger partial charge on any atom is 0.311 e. The standard InChI is InChI=1S/C6H2ClF2IN2O4S/c7-17(15,16)2-1-11-4(6(8)9)5(3(2)10)12(13)14/h1,6H. The number of pyridine rings is 1. The van der Waals surface area contributed by atoms with E-state index in [9.17, 15) is 27.3 Å². The van der Waals surface area contributed by atoms with Gasteiger partial charge in [-0.25, -0.2) is 22.2 Å². The molecule has 1 heterocycles. The molecule has 11 heteroatoms. The molecule has 1 rings (SSSR count). The van der Waals surface area contributed by atoms with E-state index in [2.05, 4.69) is 4.98 Å². The fraction of sp³-hybridized carbons (Fsp3) is 0.167. The van der Waals surface area contributed by atoms with Crippen LogP contribution >= 0.6 is 33.3 Å². The summed E-state index contributed by atoms with van der Waals surface area (Å²) in [5.74, 6) is 0. The average molecular weight is 399 g/mol. The zero-order valence-electron chi connectivity index (χ0n) is 7.60. The van der Waals surface area contributed by atoms with E-state index >= 15 is 0 Å². The average Bonchev–Trinajstić information content (AvgIpc) is 2.13. The molecule has 0 unspecified atom stereocenters. The molecule has 17 heavy (non-hydrogen) atoms. The highest BCUT2D eigenvalue weighted by atomic mass is 127. The number of nitro groups is 1. The quantitative estimate of drug-likeness (QED) is 0.338. The van der Waals surface area contributed by atoms with Crippen LogP contribution in [0.1, 0.15) is 12.1 Å². The Kier molecular flexibility index (Phi) is 4.19. The first-order chi connectivity index (χ1) is 7.66. The summed E-state index contributed by atoms with van der Waals surface area (Å²) < 4.78 is 46.4. The Morgan fingerprint density at radius 1 is 1.53 bits per heavy atom. The maximum absolute atomic E-state index is 12.4. The zero-order valence-corrected chi connectivity index (χ0v) is 11.3. The van der Waals surface area contributed by atoms with Crippen molar-refractivity contribution in [2.24, 2.45) is 0 Å². The van der Waals surface area contributed by atoms with Gasteiger partial charge in [-0.1, -0.05) is 0 Å². The minimum Gasteiger partial charge on any atom is -0.258 e. The van der Waals surface area contributed by atoms with Gasteiger partial charge in [0, 0.05) is 16.9 Å². The second-order valence-corrected chi connectivity index (χ2v) is 6.28. The molecule has 0 aliphatic carbocycles. The van der Waals surface area contributed by atoms with Gasteiger partial charge in [-0.05, 0) is 22.6 Å². The lowest BCUT2D eigenvalue weighted by Gasteiger charge is -2.05. The molecule has 0 bridgehead atoms. The van der Waals surface area contributed by atoms with Crippen LogP contribution in [0.25, 0.3) is 0 Å². The third-order valence-electron chi connectivity index (χ3n) is 1.64. The second-order valence-electron chi connectivity index (χ2n) is 2.67. The molecule has 0 amide bonds. The van der Waals surface area contributed by atoms with Crippen LogP contribution in [-0.4, -0.2) is 18.3 Å². The first-order valence-electron chi connectivity index (χ1n) is 3.72. The Bertz CT molecular complexity index is 580. The van der Waals surface area contributed by atoms with E-state index in [0.717, 1.165) is 0 Å². The van der Waals surface area contributed by atoms with Crippen LogP contribution in [0.15, 0.2) is 11.1 Å². The molecule has 0 aromatic carbocycles. The Morgan fingerprint density at radius 3 is 2.41 bits per heavy atom. The lowest BCUT2D eigenvalue weighted by atomic mass is 10.3. The van der Waals surface area contributed by atoms with E-state index in [4.69, 9.17) is 10.7 Å². The van der Waals surface area contributed by atoms with Crippen molar-refractivity contribution in [2.75, 3.05) is 0 Å². The summed E-state index contributed by atoms with van der Waals surface area (Å²) >= 11 is 1.26. The highest BCUT2D eigenvalue weighted by Gasteiger charge is 2.31. The first-order valence-corrected chi connectivity index (χ1v) is 7.10. The molecule has 0 aliphatic rings. The van der Waals surface area contributed by atoms with Crippen LogP contribution < -0.4 is 0 Å². The van der Waals surface area contributed by atoms with Gasteiger partial charge >= 0.3 is 5.69 Å². The molecule has 1 aromatic rings. The zero-order chi connectivity index (χ0) is 13.4. The summed E-state index contributed by atoms with van der Waals surface area (Å²) in [5.41, 5.74) is -2.15. The smallest absolute Gasteiger partial charge is 0.258 e. The summed E-state index contributed by atoms with van der Waals surface area (Å²) in [6, 6.07) is 0. The van der Waals surface area contributed by atoms with Gasteiger partial charge in [0.15, 0.2) is 5.69 Å². The van der Waals surface area contributed by atoms with Crippen molar-refractivity contribution in [1.29, 1.82) is 0 Å². The molecule has 0 spiro atoms. The first kappa shape index (κ1) is 14.4. The van der Waals surface area contributed by atoms with Crippen molar-refractivity contribution in [2.45, 2.75) is 11.3 Å². The summed E-state index contributed by atoms with van der Waals surface area (Å²) in [4.78, 5) is 11.9. The van der Waals surface area contributed by atoms with Gasteiger partial charge in [-0.15, -0.1) is 0 Å². The van der Waals surface area contributed by atoms with Crippen molar-refractivity contribution in [3.8, 4) is 0 Å². The monoisotopic (exact) mass is 398 g/mol. The molecule has 0 aliphatic heterocycles. The molecule has 6 nitrogen and oxygen atoms in total. The number of nitrogens with zero attached hydrogens (tertiary/aromatic N) is 2. The van der Waals surface area contributed by atoms with Crippen LogP contribution in [-0.2, 0) is 9.05 Å². The summed E-state index contributed by atoms with van der Waals surface area (Å²) in [5, 5.41) is 10.6. The third kappa shape index (κ3) is 2.98. The van der Waals surface area contributed by atoms with Crippen molar-refractivity contribution >= 4 is 48.0 Å². The number of aromatic nitrogens is 1. The summed E-state index contributed by atoms with van der Waals surface area (Å²) in [6.45, 7) is 0. The number of alkyl halides is 2. The van der Waals surface area contributed by atoms with Gasteiger partial charge in [-0.2, -0.15) is 0 Å². The normalized spacial score (nSPS) is 11.8. The van der Waals surface area contributed by atoms with Crippen molar-refractivity contribution in [1.82, 2.24) is 4.98 Å². The lowest BCUT2D eigenvalue weighted by Crippen LogP contribution is -2.06. The Morgan fingerprint density at radius 2 is 2.06 bits per heavy atom. The molecule has 0 fully saturated rings. The molecule has 94 valence electrons. The topological polar surface area (TPSA) is 90.2 Å². The fourth-order valence-electron chi connectivity index (χ4n) is 0.978. The molecule has 1 aromatic heterocycles. The number of rotatable bonds is 3. The van der Waals surface area contributed by atoms with Gasteiger partial charge < -0.3 is 0 Å². The van der Waals surface area contributed by atoms with Crippen LogP contribution in [0, 0.1) is 13.7 Å². The van der Waals surface area contributed by atoms with E-state index in [1.165, 1.54) is 22.6 Å². The van der Waals surface area contributed by atoms with Gasteiger partial charge in [0.1, 0.15) is 8.47 Å². The van der Waals surface area contributed by atoms with Crippen LogP contribution in [0.4, 0.5) is 14.5 Å². The highest BCUT2D eigenvalue weighted by Crippen LogP contribution is 2.35.